The predicted molar refractivity (Wildman–Crippen MR) is 113 cm³/mol. The summed E-state index contributed by atoms with van der Waals surface area (Å²) in [5.41, 5.74) is 0.231. The van der Waals surface area contributed by atoms with Gasteiger partial charge in [0.25, 0.3) is 0 Å². The first-order valence-corrected chi connectivity index (χ1v) is 11.1. The number of furan rings is 1. The van der Waals surface area contributed by atoms with Gasteiger partial charge in [0.15, 0.2) is 0 Å². The molecule has 0 aliphatic heterocycles. The molecule has 0 bridgehead atoms. The van der Waals surface area contributed by atoms with Crippen LogP contribution < -0.4 is 4.18 Å². The third-order valence-electron chi connectivity index (χ3n) is 4.46. The van der Waals surface area contributed by atoms with Gasteiger partial charge >= 0.3 is 10.1 Å². The van der Waals surface area contributed by atoms with E-state index in [9.17, 15) is 17.6 Å². The summed E-state index contributed by atoms with van der Waals surface area (Å²) < 4.78 is 48.2. The van der Waals surface area contributed by atoms with E-state index in [1.54, 1.807) is 35.4 Å². The van der Waals surface area contributed by atoms with Gasteiger partial charge in [-0.2, -0.15) is 8.42 Å². The van der Waals surface area contributed by atoms with E-state index in [0.717, 1.165) is 29.8 Å². The van der Waals surface area contributed by atoms with Crippen LogP contribution >= 0.6 is 0 Å². The maximum Gasteiger partial charge on any atom is 0.339 e. The molecular formula is C23H24FNO5S. The molecule has 2 aromatic carbocycles. The maximum atomic E-state index is 13.0. The molecule has 8 heteroatoms. The van der Waals surface area contributed by atoms with Crippen LogP contribution in [-0.2, 0) is 28.0 Å². The minimum absolute atomic E-state index is 0.0388. The van der Waals surface area contributed by atoms with Crippen LogP contribution in [0.25, 0.3) is 0 Å². The van der Waals surface area contributed by atoms with E-state index in [1.807, 2.05) is 20.8 Å². The van der Waals surface area contributed by atoms with Crippen molar-refractivity contribution in [3.8, 4) is 5.75 Å². The molecule has 0 aliphatic carbocycles. The monoisotopic (exact) mass is 445 g/mol. The zero-order valence-corrected chi connectivity index (χ0v) is 18.4. The standard InChI is InChI=1S/C23H24FNO5S/c1-23(2,3)22(26)25(16-20-5-4-14-29-20)15-17-6-10-19(11-7-17)30-31(27,28)21-12-8-18(24)9-13-21/h4-14H,15-16H2,1-3H3. The van der Waals surface area contributed by atoms with Gasteiger partial charge in [0.2, 0.25) is 5.91 Å². The van der Waals surface area contributed by atoms with E-state index in [1.165, 1.54) is 12.1 Å². The maximum absolute atomic E-state index is 13.0. The van der Waals surface area contributed by atoms with Crippen molar-refractivity contribution in [1.29, 1.82) is 0 Å². The zero-order valence-electron chi connectivity index (χ0n) is 17.5. The Morgan fingerprint density at radius 3 is 2.19 bits per heavy atom. The van der Waals surface area contributed by atoms with Crippen molar-refractivity contribution < 1.29 is 26.2 Å². The Hall–Kier alpha value is -3.13. The topological polar surface area (TPSA) is 76.8 Å². The molecule has 1 amide bonds. The summed E-state index contributed by atoms with van der Waals surface area (Å²) in [6, 6.07) is 14.4. The molecular weight excluding hydrogens is 421 g/mol. The van der Waals surface area contributed by atoms with Crippen LogP contribution in [-0.4, -0.2) is 19.2 Å². The number of carbonyl (C=O) groups is 1. The van der Waals surface area contributed by atoms with Crippen molar-refractivity contribution >= 4 is 16.0 Å². The molecule has 0 spiro atoms. The molecule has 0 atom stereocenters. The molecule has 0 N–H and O–H groups in total. The van der Waals surface area contributed by atoms with Crippen molar-refractivity contribution in [2.24, 2.45) is 5.41 Å². The first-order chi connectivity index (χ1) is 14.5. The van der Waals surface area contributed by atoms with Crippen LogP contribution in [0.4, 0.5) is 4.39 Å². The number of amides is 1. The van der Waals surface area contributed by atoms with Gasteiger partial charge in [-0.3, -0.25) is 4.79 Å². The van der Waals surface area contributed by atoms with Gasteiger partial charge in [-0.05, 0) is 54.1 Å². The van der Waals surface area contributed by atoms with Crippen LogP contribution in [0.1, 0.15) is 32.1 Å². The van der Waals surface area contributed by atoms with Crippen molar-refractivity contribution in [2.45, 2.75) is 38.8 Å². The highest BCUT2D eigenvalue weighted by atomic mass is 32.2. The normalized spacial score (nSPS) is 11.9. The fourth-order valence-corrected chi connectivity index (χ4v) is 3.84. The average molecular weight is 446 g/mol. The Morgan fingerprint density at radius 1 is 1.00 bits per heavy atom. The second kappa shape index (κ2) is 8.93. The SMILES string of the molecule is CC(C)(C)C(=O)N(Cc1ccc(OS(=O)(=O)c2ccc(F)cc2)cc1)Cc1ccco1. The van der Waals surface area contributed by atoms with Gasteiger partial charge in [-0.25, -0.2) is 4.39 Å². The molecule has 3 rings (SSSR count). The summed E-state index contributed by atoms with van der Waals surface area (Å²) >= 11 is 0. The lowest BCUT2D eigenvalue weighted by Gasteiger charge is -2.29. The Kier molecular flexibility index (Phi) is 6.50. The first-order valence-electron chi connectivity index (χ1n) is 9.65. The lowest BCUT2D eigenvalue weighted by molar-refractivity contribution is -0.141. The van der Waals surface area contributed by atoms with Crippen molar-refractivity contribution in [3.63, 3.8) is 0 Å². The quantitative estimate of drug-likeness (QED) is 0.490. The number of carbonyl (C=O) groups excluding carboxylic acids is 1. The Labute approximate surface area is 181 Å². The highest BCUT2D eigenvalue weighted by Gasteiger charge is 2.28. The minimum atomic E-state index is -4.08. The van der Waals surface area contributed by atoms with E-state index in [-0.39, 0.29) is 16.6 Å². The highest BCUT2D eigenvalue weighted by molar-refractivity contribution is 7.87. The summed E-state index contributed by atoms with van der Waals surface area (Å²) in [4.78, 5) is 14.4. The molecule has 6 nitrogen and oxygen atoms in total. The predicted octanol–water partition coefficient (Wildman–Crippen LogP) is 4.76. The first kappa shape index (κ1) is 22.6. The molecule has 0 radical (unpaired) electrons. The highest BCUT2D eigenvalue weighted by Crippen LogP contribution is 2.24. The molecule has 164 valence electrons. The lowest BCUT2D eigenvalue weighted by atomic mass is 9.94. The molecule has 3 aromatic rings. The fraction of sp³-hybridized carbons (Fsp3) is 0.261. The molecule has 31 heavy (non-hydrogen) atoms. The van der Waals surface area contributed by atoms with Gasteiger partial charge in [0.1, 0.15) is 22.2 Å². The van der Waals surface area contributed by atoms with Gasteiger partial charge in [0.05, 0.1) is 12.8 Å². The lowest BCUT2D eigenvalue weighted by Crippen LogP contribution is -2.38. The van der Waals surface area contributed by atoms with E-state index in [4.69, 9.17) is 8.60 Å². The summed E-state index contributed by atoms with van der Waals surface area (Å²) in [5, 5.41) is 0. The van der Waals surface area contributed by atoms with Crippen LogP contribution in [0.2, 0.25) is 0 Å². The Balaban J connectivity index is 1.74. The number of hydrogen-bond donors (Lipinski definition) is 0. The summed E-state index contributed by atoms with van der Waals surface area (Å²) in [7, 11) is -4.08. The second-order valence-corrected chi connectivity index (χ2v) is 9.67. The Bertz CT molecular complexity index is 1120. The third-order valence-corrected chi connectivity index (χ3v) is 5.72. The number of nitrogens with zero attached hydrogens (tertiary/aromatic N) is 1. The molecule has 0 unspecified atom stereocenters. The van der Waals surface area contributed by atoms with Crippen molar-refractivity contribution in [2.75, 3.05) is 0 Å². The molecule has 1 aromatic heterocycles. The fourth-order valence-electron chi connectivity index (χ4n) is 2.91. The summed E-state index contributed by atoms with van der Waals surface area (Å²) in [6.07, 6.45) is 1.56. The molecule has 0 aliphatic rings. The summed E-state index contributed by atoms with van der Waals surface area (Å²) in [6.45, 7) is 6.19. The third kappa shape index (κ3) is 5.95. The van der Waals surface area contributed by atoms with Gasteiger partial charge in [-0.1, -0.05) is 32.9 Å². The van der Waals surface area contributed by atoms with Gasteiger partial charge in [0, 0.05) is 12.0 Å². The van der Waals surface area contributed by atoms with Gasteiger partial charge in [-0.15, -0.1) is 0 Å². The van der Waals surface area contributed by atoms with Crippen molar-refractivity contribution in [1.82, 2.24) is 4.90 Å². The largest absolute Gasteiger partial charge is 0.467 e. The molecule has 0 fully saturated rings. The van der Waals surface area contributed by atoms with E-state index in [0.29, 0.717) is 18.8 Å². The number of benzene rings is 2. The minimum Gasteiger partial charge on any atom is -0.467 e. The van der Waals surface area contributed by atoms with Gasteiger partial charge < -0.3 is 13.5 Å². The second-order valence-electron chi connectivity index (χ2n) is 8.13. The smallest absolute Gasteiger partial charge is 0.339 e. The Morgan fingerprint density at radius 2 is 1.65 bits per heavy atom. The molecule has 0 saturated heterocycles. The molecule has 0 saturated carbocycles. The average Bonchev–Trinajstić information content (AvgIpc) is 3.21. The van der Waals surface area contributed by atoms with Crippen LogP contribution in [0.3, 0.4) is 0 Å². The number of rotatable bonds is 7. The van der Waals surface area contributed by atoms with E-state index < -0.39 is 21.4 Å². The van der Waals surface area contributed by atoms with Crippen molar-refractivity contribution in [3.05, 3.63) is 84.1 Å². The van der Waals surface area contributed by atoms with Crippen LogP contribution in [0.5, 0.6) is 5.75 Å². The van der Waals surface area contributed by atoms with E-state index >= 15 is 0 Å². The number of hydrogen-bond acceptors (Lipinski definition) is 5. The van der Waals surface area contributed by atoms with Crippen LogP contribution in [0, 0.1) is 11.2 Å². The molecule has 1 heterocycles. The van der Waals surface area contributed by atoms with E-state index in [2.05, 4.69) is 0 Å². The zero-order chi connectivity index (χ0) is 22.6. The summed E-state index contributed by atoms with van der Waals surface area (Å²) in [5.74, 6) is 0.214. The van der Waals surface area contributed by atoms with Crippen LogP contribution in [0.15, 0.2) is 76.2 Å². The number of halogens is 1.